The van der Waals surface area contributed by atoms with Crippen LogP contribution in [-0.4, -0.2) is 22.0 Å². The molecule has 1 aliphatic rings. The van der Waals surface area contributed by atoms with Crippen LogP contribution in [0.1, 0.15) is 19.8 Å². The molecule has 3 unspecified atom stereocenters. The molecule has 1 amide bonds. The summed E-state index contributed by atoms with van der Waals surface area (Å²) >= 11 is 4.57. The molecule has 1 saturated carbocycles. The van der Waals surface area contributed by atoms with Crippen molar-refractivity contribution < 1.29 is 14.7 Å². The number of carboxylic acid groups (broad SMARTS) is 1. The third kappa shape index (κ3) is 2.89. The molecular weight excluding hydrogens is 320 g/mol. The Hall–Kier alpha value is -0.950. The van der Waals surface area contributed by atoms with E-state index in [0.29, 0.717) is 18.0 Å². The molecule has 0 aliphatic heterocycles. The molecule has 5 nitrogen and oxygen atoms in total. The maximum Gasteiger partial charge on any atom is 0.307 e. The fourth-order valence-electron chi connectivity index (χ4n) is 2.36. The van der Waals surface area contributed by atoms with E-state index in [1.54, 1.807) is 6.20 Å². The Bertz CT molecular complexity index is 477. The summed E-state index contributed by atoms with van der Waals surface area (Å²) in [4.78, 5) is 27.2. The molecule has 1 heterocycles. The van der Waals surface area contributed by atoms with Gasteiger partial charge in [-0.15, -0.1) is 0 Å². The number of amides is 1. The van der Waals surface area contributed by atoms with Crippen molar-refractivity contribution in [3.63, 3.8) is 0 Å². The lowest BCUT2D eigenvalue weighted by atomic mass is 9.95. The number of carbonyl (C=O) groups is 2. The highest BCUT2D eigenvalue weighted by Crippen LogP contribution is 2.37. The average Bonchev–Trinajstić information content (AvgIpc) is 2.85. The zero-order valence-corrected chi connectivity index (χ0v) is 12.1. The summed E-state index contributed by atoms with van der Waals surface area (Å²) in [5, 5.41) is 12.3. The summed E-state index contributed by atoms with van der Waals surface area (Å²) in [6.45, 7) is 1.98. The minimum atomic E-state index is -0.889. The summed E-state index contributed by atoms with van der Waals surface area (Å²) in [5.74, 6) is -1.90. The molecule has 0 aromatic carbocycles. The highest BCUT2D eigenvalue weighted by atomic mass is 79.9. The molecule has 98 valence electrons. The predicted molar refractivity (Wildman–Crippen MR) is 71.5 cm³/mol. The van der Waals surface area contributed by atoms with E-state index in [9.17, 15) is 9.59 Å². The van der Waals surface area contributed by atoms with Gasteiger partial charge in [-0.05, 0) is 34.7 Å². The van der Waals surface area contributed by atoms with Gasteiger partial charge in [0.1, 0.15) is 0 Å². The summed E-state index contributed by atoms with van der Waals surface area (Å²) in [6, 6.07) is 0. The number of nitrogens with one attached hydrogen (secondary N) is 1. The SMILES string of the molecule is CC1CC(C(=O)O)C(C(=O)Nc2ncc(Br)s2)C1. The highest BCUT2D eigenvalue weighted by Gasteiger charge is 2.41. The number of hydrogen-bond acceptors (Lipinski definition) is 4. The first-order chi connectivity index (χ1) is 8.47. The van der Waals surface area contributed by atoms with Gasteiger partial charge in [-0.2, -0.15) is 0 Å². The van der Waals surface area contributed by atoms with Gasteiger partial charge in [0, 0.05) is 0 Å². The third-order valence-electron chi connectivity index (χ3n) is 3.16. The standard InChI is InChI=1S/C11H13BrN2O3S/c1-5-2-6(7(3-5)10(16)17)9(15)14-11-13-4-8(12)18-11/h4-7H,2-3H2,1H3,(H,16,17)(H,13,14,15). The van der Waals surface area contributed by atoms with Crippen LogP contribution in [0.15, 0.2) is 9.98 Å². The fourth-order valence-corrected chi connectivity index (χ4v) is 3.47. The van der Waals surface area contributed by atoms with E-state index in [4.69, 9.17) is 5.11 Å². The van der Waals surface area contributed by atoms with Gasteiger partial charge in [0.05, 0.1) is 21.8 Å². The van der Waals surface area contributed by atoms with Gasteiger partial charge in [-0.1, -0.05) is 18.3 Å². The normalized spacial score (nSPS) is 27.1. The second-order valence-electron chi connectivity index (χ2n) is 4.59. The summed E-state index contributed by atoms with van der Waals surface area (Å²) in [7, 11) is 0. The van der Waals surface area contributed by atoms with Gasteiger partial charge in [0.2, 0.25) is 5.91 Å². The third-order valence-corrected chi connectivity index (χ3v) is 4.55. The number of hydrogen-bond donors (Lipinski definition) is 2. The van der Waals surface area contributed by atoms with Crippen LogP contribution in [0.4, 0.5) is 5.13 Å². The van der Waals surface area contributed by atoms with E-state index in [1.165, 1.54) is 11.3 Å². The molecule has 2 N–H and O–H groups in total. The molecule has 1 aliphatic carbocycles. The second kappa shape index (κ2) is 5.36. The van der Waals surface area contributed by atoms with Gasteiger partial charge in [0.25, 0.3) is 0 Å². The van der Waals surface area contributed by atoms with E-state index in [2.05, 4.69) is 26.2 Å². The van der Waals surface area contributed by atoms with Crippen LogP contribution < -0.4 is 5.32 Å². The summed E-state index contributed by atoms with van der Waals surface area (Å²) in [5.41, 5.74) is 0. The molecule has 1 aromatic rings. The lowest BCUT2D eigenvalue weighted by molar-refractivity contribution is -0.145. The number of nitrogens with zero attached hydrogens (tertiary/aromatic N) is 1. The number of aromatic nitrogens is 1. The van der Waals surface area contributed by atoms with Crippen molar-refractivity contribution >= 4 is 44.3 Å². The monoisotopic (exact) mass is 332 g/mol. The molecule has 2 rings (SSSR count). The predicted octanol–water partition coefficient (Wildman–Crippen LogP) is 2.59. The first kappa shape index (κ1) is 13.5. The first-order valence-electron chi connectivity index (χ1n) is 5.62. The Labute approximate surface area is 117 Å². The molecule has 7 heteroatoms. The lowest BCUT2D eigenvalue weighted by Gasteiger charge is -2.14. The Kier molecular flexibility index (Phi) is 4.01. The first-order valence-corrected chi connectivity index (χ1v) is 7.23. The van der Waals surface area contributed by atoms with Crippen LogP contribution in [-0.2, 0) is 9.59 Å². The summed E-state index contributed by atoms with van der Waals surface area (Å²) < 4.78 is 0.826. The number of anilines is 1. The maximum absolute atomic E-state index is 12.1. The van der Waals surface area contributed by atoms with Crippen molar-refractivity contribution in [1.82, 2.24) is 4.98 Å². The zero-order chi connectivity index (χ0) is 13.3. The van der Waals surface area contributed by atoms with E-state index in [1.807, 2.05) is 6.92 Å². The fraction of sp³-hybridized carbons (Fsp3) is 0.545. The Morgan fingerprint density at radius 3 is 2.72 bits per heavy atom. The van der Waals surface area contributed by atoms with E-state index >= 15 is 0 Å². The van der Waals surface area contributed by atoms with Crippen LogP contribution in [0, 0.1) is 17.8 Å². The van der Waals surface area contributed by atoms with Crippen molar-refractivity contribution in [2.24, 2.45) is 17.8 Å². The highest BCUT2D eigenvalue weighted by molar-refractivity contribution is 9.11. The minimum Gasteiger partial charge on any atom is -0.481 e. The van der Waals surface area contributed by atoms with Crippen LogP contribution >= 0.6 is 27.3 Å². The molecule has 0 bridgehead atoms. The van der Waals surface area contributed by atoms with E-state index in [-0.39, 0.29) is 11.8 Å². The van der Waals surface area contributed by atoms with Crippen molar-refractivity contribution in [3.05, 3.63) is 9.98 Å². The summed E-state index contributed by atoms with van der Waals surface area (Å²) in [6.07, 6.45) is 2.79. The number of aliphatic carboxylic acids is 1. The van der Waals surface area contributed by atoms with E-state index in [0.717, 1.165) is 3.79 Å². The topological polar surface area (TPSA) is 79.3 Å². The Morgan fingerprint density at radius 2 is 2.17 bits per heavy atom. The molecule has 0 spiro atoms. The molecule has 3 atom stereocenters. The Balaban J connectivity index is 2.06. The zero-order valence-electron chi connectivity index (χ0n) is 9.72. The van der Waals surface area contributed by atoms with Crippen molar-refractivity contribution in [3.8, 4) is 0 Å². The molecule has 18 heavy (non-hydrogen) atoms. The van der Waals surface area contributed by atoms with Crippen molar-refractivity contribution in [2.45, 2.75) is 19.8 Å². The van der Waals surface area contributed by atoms with E-state index < -0.39 is 17.8 Å². The molecular formula is C11H13BrN2O3S. The molecule has 1 aromatic heterocycles. The van der Waals surface area contributed by atoms with Crippen LogP contribution in [0.2, 0.25) is 0 Å². The smallest absolute Gasteiger partial charge is 0.307 e. The number of halogens is 1. The Morgan fingerprint density at radius 1 is 1.50 bits per heavy atom. The van der Waals surface area contributed by atoms with Crippen LogP contribution in [0.25, 0.3) is 0 Å². The van der Waals surface area contributed by atoms with Gasteiger partial charge >= 0.3 is 5.97 Å². The minimum absolute atomic E-state index is 0.242. The van der Waals surface area contributed by atoms with Gasteiger partial charge in [-0.3, -0.25) is 9.59 Å². The van der Waals surface area contributed by atoms with Gasteiger partial charge in [0.15, 0.2) is 5.13 Å². The van der Waals surface area contributed by atoms with Gasteiger partial charge < -0.3 is 10.4 Å². The average molecular weight is 333 g/mol. The lowest BCUT2D eigenvalue weighted by Crippen LogP contribution is -2.29. The second-order valence-corrected chi connectivity index (χ2v) is 7.00. The number of carbonyl (C=O) groups excluding carboxylic acids is 1. The van der Waals surface area contributed by atoms with Gasteiger partial charge in [-0.25, -0.2) is 4.98 Å². The van der Waals surface area contributed by atoms with Crippen molar-refractivity contribution in [1.29, 1.82) is 0 Å². The molecule has 0 saturated heterocycles. The maximum atomic E-state index is 12.1. The number of thiazole rings is 1. The quantitative estimate of drug-likeness (QED) is 0.891. The molecule has 1 fully saturated rings. The number of rotatable bonds is 3. The van der Waals surface area contributed by atoms with Crippen LogP contribution in [0.3, 0.4) is 0 Å². The largest absolute Gasteiger partial charge is 0.481 e. The number of carboxylic acids is 1. The molecule has 0 radical (unpaired) electrons. The van der Waals surface area contributed by atoms with Crippen LogP contribution in [0.5, 0.6) is 0 Å². The van der Waals surface area contributed by atoms with Crippen molar-refractivity contribution in [2.75, 3.05) is 5.32 Å².